The minimum Gasteiger partial charge on any atom is -0.459 e. The fourth-order valence-corrected chi connectivity index (χ4v) is 3.49. The van der Waals surface area contributed by atoms with Crippen LogP contribution >= 0.6 is 0 Å². The van der Waals surface area contributed by atoms with Crippen LogP contribution in [0.2, 0.25) is 0 Å². The van der Waals surface area contributed by atoms with E-state index in [4.69, 9.17) is 8.83 Å². The third-order valence-corrected chi connectivity index (χ3v) is 5.00. The number of amides is 3. The Morgan fingerprint density at radius 2 is 1.53 bits per heavy atom. The van der Waals surface area contributed by atoms with Crippen LogP contribution in [0.4, 0.5) is 0 Å². The Balaban J connectivity index is 1.41. The average Bonchev–Trinajstić information content (AvgIpc) is 3.49. The van der Waals surface area contributed by atoms with Crippen LogP contribution in [-0.4, -0.2) is 41.8 Å². The third-order valence-electron chi connectivity index (χ3n) is 5.00. The maximum absolute atomic E-state index is 12.9. The van der Waals surface area contributed by atoms with Crippen LogP contribution in [0.3, 0.4) is 0 Å². The molecule has 1 aliphatic rings. The molecule has 0 spiro atoms. The lowest BCUT2D eigenvalue weighted by Crippen LogP contribution is -2.53. The van der Waals surface area contributed by atoms with E-state index < -0.39 is 6.04 Å². The van der Waals surface area contributed by atoms with E-state index in [1.54, 1.807) is 24.3 Å². The molecule has 1 unspecified atom stereocenters. The molecule has 3 heterocycles. The number of hydrogen-bond donors (Lipinski definition) is 2. The van der Waals surface area contributed by atoms with Crippen LogP contribution < -0.4 is 10.6 Å². The van der Waals surface area contributed by atoms with Gasteiger partial charge in [0.25, 0.3) is 11.8 Å². The molecule has 2 N–H and O–H groups in total. The zero-order valence-electron chi connectivity index (χ0n) is 16.2. The van der Waals surface area contributed by atoms with Crippen LogP contribution in [0.15, 0.2) is 69.9 Å². The third kappa shape index (κ3) is 4.12. The second-order valence-corrected chi connectivity index (χ2v) is 6.92. The van der Waals surface area contributed by atoms with Gasteiger partial charge in [0.05, 0.1) is 12.5 Å². The largest absolute Gasteiger partial charge is 0.459 e. The highest BCUT2D eigenvalue weighted by Gasteiger charge is 2.35. The number of rotatable bonds is 6. The molecule has 0 radical (unpaired) electrons. The van der Waals surface area contributed by atoms with Crippen LogP contribution in [0.25, 0.3) is 0 Å². The normalized spacial score (nSPS) is 15.3. The molecule has 0 bridgehead atoms. The first-order valence-corrected chi connectivity index (χ1v) is 9.64. The summed E-state index contributed by atoms with van der Waals surface area (Å²) in [5.41, 5.74) is 2.04. The van der Waals surface area contributed by atoms with E-state index in [0.29, 0.717) is 13.0 Å². The molecule has 1 aromatic carbocycles. The first kappa shape index (κ1) is 19.5. The second-order valence-electron chi connectivity index (χ2n) is 6.92. The van der Waals surface area contributed by atoms with Crippen LogP contribution in [0.1, 0.15) is 32.2 Å². The van der Waals surface area contributed by atoms with Gasteiger partial charge in [0.1, 0.15) is 6.04 Å². The van der Waals surface area contributed by atoms with Crippen molar-refractivity contribution in [3.8, 4) is 0 Å². The SMILES string of the molecule is O=C(NCCNC(=O)C1Cc2ccccc2CN1C(=O)c1ccco1)c1ccco1. The van der Waals surface area contributed by atoms with Crippen molar-refractivity contribution in [3.63, 3.8) is 0 Å². The monoisotopic (exact) mass is 407 g/mol. The smallest absolute Gasteiger partial charge is 0.290 e. The van der Waals surface area contributed by atoms with Gasteiger partial charge in [0, 0.05) is 26.1 Å². The van der Waals surface area contributed by atoms with Gasteiger partial charge in [-0.05, 0) is 35.4 Å². The van der Waals surface area contributed by atoms with E-state index in [0.717, 1.165) is 11.1 Å². The Bertz CT molecular complexity index is 1030. The first-order valence-electron chi connectivity index (χ1n) is 9.64. The second kappa shape index (κ2) is 8.69. The number of nitrogens with zero attached hydrogens (tertiary/aromatic N) is 1. The van der Waals surface area contributed by atoms with Crippen molar-refractivity contribution in [2.75, 3.05) is 13.1 Å². The summed E-state index contributed by atoms with van der Waals surface area (Å²) in [4.78, 5) is 39.2. The summed E-state index contributed by atoms with van der Waals surface area (Å²) in [6.07, 6.45) is 3.26. The average molecular weight is 407 g/mol. The van der Waals surface area contributed by atoms with Gasteiger partial charge in [-0.15, -0.1) is 0 Å². The Morgan fingerprint density at radius 1 is 0.867 bits per heavy atom. The van der Waals surface area contributed by atoms with Crippen molar-refractivity contribution in [2.24, 2.45) is 0 Å². The zero-order chi connectivity index (χ0) is 20.9. The molecule has 3 amide bonds. The Labute approximate surface area is 172 Å². The number of carbonyl (C=O) groups is 3. The Kier molecular flexibility index (Phi) is 5.65. The summed E-state index contributed by atoms with van der Waals surface area (Å²) >= 11 is 0. The van der Waals surface area contributed by atoms with Crippen LogP contribution in [0.5, 0.6) is 0 Å². The first-order chi connectivity index (χ1) is 14.6. The highest BCUT2D eigenvalue weighted by molar-refractivity contribution is 5.96. The highest BCUT2D eigenvalue weighted by atomic mass is 16.3. The molecule has 8 heteroatoms. The van der Waals surface area contributed by atoms with Crippen molar-refractivity contribution < 1.29 is 23.2 Å². The van der Waals surface area contributed by atoms with Gasteiger partial charge in [-0.2, -0.15) is 0 Å². The van der Waals surface area contributed by atoms with Crippen LogP contribution in [0, 0.1) is 0 Å². The van der Waals surface area contributed by atoms with Crippen LogP contribution in [-0.2, 0) is 17.8 Å². The van der Waals surface area contributed by atoms with Crippen molar-refractivity contribution >= 4 is 17.7 Å². The molecule has 1 atom stereocenters. The van der Waals surface area contributed by atoms with Crippen molar-refractivity contribution in [1.82, 2.24) is 15.5 Å². The van der Waals surface area contributed by atoms with E-state index >= 15 is 0 Å². The molecule has 0 saturated heterocycles. The van der Waals surface area contributed by atoms with E-state index in [1.165, 1.54) is 17.4 Å². The van der Waals surface area contributed by atoms with Gasteiger partial charge < -0.3 is 24.4 Å². The van der Waals surface area contributed by atoms with E-state index in [9.17, 15) is 14.4 Å². The fourth-order valence-electron chi connectivity index (χ4n) is 3.49. The van der Waals surface area contributed by atoms with E-state index in [1.807, 2.05) is 24.3 Å². The predicted octanol–water partition coefficient (Wildman–Crippen LogP) is 1.99. The van der Waals surface area contributed by atoms with Crippen molar-refractivity contribution in [1.29, 1.82) is 0 Å². The molecular weight excluding hydrogens is 386 g/mol. The molecule has 2 aromatic heterocycles. The number of hydrogen-bond acceptors (Lipinski definition) is 5. The fraction of sp³-hybridized carbons (Fsp3) is 0.227. The van der Waals surface area contributed by atoms with Gasteiger partial charge in [0.2, 0.25) is 5.91 Å². The summed E-state index contributed by atoms with van der Waals surface area (Å²) < 4.78 is 10.3. The minimum atomic E-state index is -0.668. The van der Waals surface area contributed by atoms with Crippen molar-refractivity contribution in [3.05, 3.63) is 83.7 Å². The van der Waals surface area contributed by atoms with Gasteiger partial charge >= 0.3 is 0 Å². The number of nitrogens with one attached hydrogen (secondary N) is 2. The summed E-state index contributed by atoms with van der Waals surface area (Å²) in [5, 5.41) is 5.48. The minimum absolute atomic E-state index is 0.192. The molecule has 0 fully saturated rings. The Morgan fingerprint density at radius 3 is 2.23 bits per heavy atom. The molecule has 4 rings (SSSR count). The molecule has 3 aromatic rings. The standard InChI is InChI=1S/C22H21N3O5/c26-20(23-9-10-24-21(27)18-7-3-11-29-18)17-13-15-5-1-2-6-16(15)14-25(17)22(28)19-8-4-12-30-19/h1-8,11-12,17H,9-10,13-14H2,(H,23,26)(H,24,27). The zero-order valence-corrected chi connectivity index (χ0v) is 16.2. The Hall–Kier alpha value is -3.81. The molecule has 154 valence electrons. The van der Waals surface area contributed by atoms with E-state index in [2.05, 4.69) is 10.6 Å². The molecular formula is C22H21N3O5. The number of benzene rings is 1. The number of fused-ring (bicyclic) bond motifs is 1. The molecule has 0 aliphatic carbocycles. The maximum atomic E-state index is 12.9. The lowest BCUT2D eigenvalue weighted by Gasteiger charge is -2.35. The number of furan rings is 2. The summed E-state index contributed by atoms with van der Waals surface area (Å²) in [6.45, 7) is 0.788. The van der Waals surface area contributed by atoms with Gasteiger partial charge in [0.15, 0.2) is 11.5 Å². The van der Waals surface area contributed by atoms with Crippen molar-refractivity contribution in [2.45, 2.75) is 19.0 Å². The lowest BCUT2D eigenvalue weighted by atomic mass is 9.93. The molecule has 8 nitrogen and oxygen atoms in total. The summed E-state index contributed by atoms with van der Waals surface area (Å²) in [7, 11) is 0. The molecule has 0 saturated carbocycles. The highest BCUT2D eigenvalue weighted by Crippen LogP contribution is 2.25. The maximum Gasteiger partial charge on any atom is 0.290 e. The predicted molar refractivity (Wildman–Crippen MR) is 107 cm³/mol. The lowest BCUT2D eigenvalue weighted by molar-refractivity contribution is -0.126. The topological polar surface area (TPSA) is 105 Å². The van der Waals surface area contributed by atoms with Gasteiger partial charge in [-0.3, -0.25) is 14.4 Å². The molecule has 1 aliphatic heterocycles. The van der Waals surface area contributed by atoms with Gasteiger partial charge in [-0.1, -0.05) is 24.3 Å². The van der Waals surface area contributed by atoms with Gasteiger partial charge in [-0.25, -0.2) is 0 Å². The quantitative estimate of drug-likeness (QED) is 0.608. The molecule has 30 heavy (non-hydrogen) atoms. The summed E-state index contributed by atoms with van der Waals surface area (Å²) in [6, 6.07) is 13.5. The summed E-state index contributed by atoms with van der Waals surface area (Å²) in [5.74, 6) is -0.564. The number of carbonyl (C=O) groups excluding carboxylic acids is 3. The van der Waals surface area contributed by atoms with E-state index in [-0.39, 0.29) is 42.3 Å².